The van der Waals surface area contributed by atoms with Crippen molar-refractivity contribution in [1.29, 1.82) is 5.26 Å². The van der Waals surface area contributed by atoms with Crippen LogP contribution in [-0.4, -0.2) is 13.7 Å². The maximum absolute atomic E-state index is 8.63. The van der Waals surface area contributed by atoms with Crippen molar-refractivity contribution in [3.63, 3.8) is 0 Å². The number of aryl methyl sites for hydroxylation is 3. The van der Waals surface area contributed by atoms with Crippen molar-refractivity contribution in [2.24, 2.45) is 0 Å². The zero-order valence-corrected chi connectivity index (χ0v) is 12.3. The van der Waals surface area contributed by atoms with Crippen LogP contribution in [0.5, 0.6) is 11.5 Å². The number of hydrogen-bond donors (Lipinski definition) is 0. The Hall–Kier alpha value is -2.47. The molecule has 2 aromatic rings. The lowest BCUT2D eigenvalue weighted by Gasteiger charge is -2.23. The van der Waals surface area contributed by atoms with Gasteiger partial charge in [0.05, 0.1) is 7.11 Å². The average Bonchev–Trinajstić information content (AvgIpc) is 2.51. The summed E-state index contributed by atoms with van der Waals surface area (Å²) in [6.45, 7) is 2.18. The van der Waals surface area contributed by atoms with E-state index in [4.69, 9.17) is 14.7 Å². The number of hydrogen-bond acceptors (Lipinski definition) is 3. The van der Waals surface area contributed by atoms with Gasteiger partial charge in [-0.15, -0.1) is 0 Å². The molecule has 3 rings (SSSR count). The fourth-order valence-electron chi connectivity index (χ4n) is 3.02. The summed E-state index contributed by atoms with van der Waals surface area (Å²) >= 11 is 0. The molecule has 21 heavy (non-hydrogen) atoms. The molecule has 0 amide bonds. The van der Waals surface area contributed by atoms with Gasteiger partial charge in [0.15, 0.2) is 6.61 Å². The summed E-state index contributed by atoms with van der Waals surface area (Å²) in [5.74, 6) is 1.69. The molecular weight excluding hydrogens is 262 g/mol. The second-order valence-corrected chi connectivity index (χ2v) is 5.24. The van der Waals surface area contributed by atoms with E-state index in [9.17, 15) is 0 Å². The molecule has 0 saturated heterocycles. The van der Waals surface area contributed by atoms with Gasteiger partial charge in [0.25, 0.3) is 0 Å². The van der Waals surface area contributed by atoms with E-state index >= 15 is 0 Å². The van der Waals surface area contributed by atoms with Crippen molar-refractivity contribution in [1.82, 2.24) is 0 Å². The Balaban J connectivity index is 2.06. The third-order valence-electron chi connectivity index (χ3n) is 3.94. The van der Waals surface area contributed by atoms with Crippen LogP contribution in [-0.2, 0) is 12.8 Å². The molecule has 1 aliphatic rings. The molecule has 0 heterocycles. The van der Waals surface area contributed by atoms with Gasteiger partial charge in [-0.05, 0) is 71.8 Å². The van der Waals surface area contributed by atoms with E-state index in [0.717, 1.165) is 24.3 Å². The highest BCUT2D eigenvalue weighted by Gasteiger charge is 2.19. The molecule has 0 unspecified atom stereocenters. The van der Waals surface area contributed by atoms with Crippen LogP contribution in [0.1, 0.15) is 16.7 Å². The molecule has 3 heteroatoms. The highest BCUT2D eigenvalue weighted by atomic mass is 16.5. The molecule has 0 saturated carbocycles. The lowest BCUT2D eigenvalue weighted by molar-refractivity contribution is 0.367. The minimum Gasteiger partial charge on any atom is -0.497 e. The van der Waals surface area contributed by atoms with Crippen LogP contribution in [0.25, 0.3) is 11.1 Å². The monoisotopic (exact) mass is 279 g/mol. The van der Waals surface area contributed by atoms with Gasteiger partial charge < -0.3 is 9.47 Å². The van der Waals surface area contributed by atoms with Gasteiger partial charge in [-0.25, -0.2) is 0 Å². The Labute approximate surface area is 124 Å². The van der Waals surface area contributed by atoms with Crippen LogP contribution in [0, 0.1) is 18.3 Å². The second kappa shape index (κ2) is 5.49. The van der Waals surface area contributed by atoms with Gasteiger partial charge in [0, 0.05) is 0 Å². The molecule has 0 N–H and O–H groups in total. The molecule has 0 aromatic heterocycles. The SMILES string of the molecule is COc1ccc2c(c1)CCc1cc(OCC#N)cc(C)c1-2. The number of fused-ring (bicyclic) bond motifs is 3. The minimum atomic E-state index is 0.0893. The molecule has 0 atom stereocenters. The summed E-state index contributed by atoms with van der Waals surface area (Å²) < 4.78 is 10.8. The van der Waals surface area contributed by atoms with Gasteiger partial charge in [0.2, 0.25) is 0 Å². The summed E-state index contributed by atoms with van der Waals surface area (Å²) in [7, 11) is 1.70. The first-order valence-corrected chi connectivity index (χ1v) is 7.03. The molecule has 0 spiro atoms. The number of nitriles is 1. The zero-order valence-electron chi connectivity index (χ0n) is 12.3. The first-order valence-electron chi connectivity index (χ1n) is 7.03. The van der Waals surface area contributed by atoms with E-state index in [1.165, 1.54) is 27.8 Å². The van der Waals surface area contributed by atoms with E-state index in [1.54, 1.807) is 7.11 Å². The zero-order chi connectivity index (χ0) is 14.8. The van der Waals surface area contributed by atoms with Crippen molar-refractivity contribution in [2.75, 3.05) is 13.7 Å². The Kier molecular flexibility index (Phi) is 3.53. The van der Waals surface area contributed by atoms with E-state index in [1.807, 2.05) is 18.2 Å². The number of nitrogens with zero attached hydrogens (tertiary/aromatic N) is 1. The summed E-state index contributed by atoms with van der Waals surface area (Å²) in [4.78, 5) is 0. The molecule has 0 fully saturated rings. The smallest absolute Gasteiger partial charge is 0.174 e. The predicted octanol–water partition coefficient (Wildman–Crippen LogP) is 3.67. The molecule has 0 radical (unpaired) electrons. The van der Waals surface area contributed by atoms with Crippen LogP contribution < -0.4 is 9.47 Å². The fraction of sp³-hybridized carbons (Fsp3) is 0.278. The van der Waals surface area contributed by atoms with Gasteiger partial charge in [-0.3, -0.25) is 0 Å². The summed E-state index contributed by atoms with van der Waals surface area (Å²) in [6, 6.07) is 12.3. The van der Waals surface area contributed by atoms with E-state index in [2.05, 4.69) is 25.1 Å². The van der Waals surface area contributed by atoms with Crippen LogP contribution in [0.15, 0.2) is 30.3 Å². The first-order chi connectivity index (χ1) is 10.2. The largest absolute Gasteiger partial charge is 0.497 e. The Morgan fingerprint density at radius 1 is 1.10 bits per heavy atom. The summed E-state index contributed by atoms with van der Waals surface area (Å²) in [6.07, 6.45) is 1.99. The standard InChI is InChI=1S/C18H17NO2/c1-12-9-16(21-8-7-19)11-14-4-3-13-10-15(20-2)5-6-17(13)18(12)14/h5-6,9-11H,3-4,8H2,1-2H3. The van der Waals surface area contributed by atoms with Crippen LogP contribution in [0.2, 0.25) is 0 Å². The van der Waals surface area contributed by atoms with E-state index < -0.39 is 0 Å². The topological polar surface area (TPSA) is 42.2 Å². The van der Waals surface area contributed by atoms with Crippen molar-refractivity contribution in [3.05, 3.63) is 47.0 Å². The van der Waals surface area contributed by atoms with E-state index in [-0.39, 0.29) is 6.61 Å². The maximum Gasteiger partial charge on any atom is 0.174 e. The quantitative estimate of drug-likeness (QED) is 0.860. The summed E-state index contributed by atoms with van der Waals surface area (Å²) in [5, 5.41) is 8.63. The number of methoxy groups -OCH3 is 1. The van der Waals surface area contributed by atoms with Gasteiger partial charge in [0.1, 0.15) is 17.6 Å². The van der Waals surface area contributed by atoms with E-state index in [0.29, 0.717) is 0 Å². The van der Waals surface area contributed by atoms with Crippen molar-refractivity contribution in [2.45, 2.75) is 19.8 Å². The lowest BCUT2D eigenvalue weighted by atomic mass is 9.83. The maximum atomic E-state index is 8.63. The van der Waals surface area contributed by atoms with Crippen molar-refractivity contribution in [3.8, 4) is 28.7 Å². The number of rotatable bonds is 3. The Bertz CT molecular complexity index is 729. The molecule has 106 valence electrons. The first kappa shape index (κ1) is 13.5. The van der Waals surface area contributed by atoms with Gasteiger partial charge >= 0.3 is 0 Å². The molecule has 2 aromatic carbocycles. The van der Waals surface area contributed by atoms with Crippen molar-refractivity contribution >= 4 is 0 Å². The predicted molar refractivity (Wildman–Crippen MR) is 81.7 cm³/mol. The van der Waals surface area contributed by atoms with Crippen LogP contribution >= 0.6 is 0 Å². The highest BCUT2D eigenvalue weighted by molar-refractivity contribution is 5.77. The van der Waals surface area contributed by atoms with Crippen LogP contribution in [0.4, 0.5) is 0 Å². The number of benzene rings is 2. The summed E-state index contributed by atoms with van der Waals surface area (Å²) in [5.41, 5.74) is 6.38. The molecule has 0 bridgehead atoms. The van der Waals surface area contributed by atoms with Crippen molar-refractivity contribution < 1.29 is 9.47 Å². The van der Waals surface area contributed by atoms with Crippen LogP contribution in [0.3, 0.4) is 0 Å². The Morgan fingerprint density at radius 2 is 1.86 bits per heavy atom. The Morgan fingerprint density at radius 3 is 2.62 bits per heavy atom. The number of ether oxygens (including phenoxy) is 2. The fourth-order valence-corrected chi connectivity index (χ4v) is 3.02. The average molecular weight is 279 g/mol. The molecular formula is C18H17NO2. The normalized spacial score (nSPS) is 12.0. The molecule has 0 aliphatic heterocycles. The van der Waals surface area contributed by atoms with Gasteiger partial charge in [-0.2, -0.15) is 5.26 Å². The second-order valence-electron chi connectivity index (χ2n) is 5.24. The molecule has 1 aliphatic carbocycles. The lowest BCUT2D eigenvalue weighted by Crippen LogP contribution is -2.07. The minimum absolute atomic E-state index is 0.0893. The highest BCUT2D eigenvalue weighted by Crippen LogP contribution is 2.39. The van der Waals surface area contributed by atoms with Gasteiger partial charge in [-0.1, -0.05) is 6.07 Å². The third-order valence-corrected chi connectivity index (χ3v) is 3.94. The molecule has 3 nitrogen and oxygen atoms in total. The third kappa shape index (κ3) is 2.45.